The molecule has 2 aromatic rings. The van der Waals surface area contributed by atoms with Crippen molar-refractivity contribution in [3.8, 4) is 17.6 Å². The number of nitrogens with one attached hydrogen (secondary N) is 1. The van der Waals surface area contributed by atoms with Crippen molar-refractivity contribution >= 4 is 12.1 Å². The van der Waals surface area contributed by atoms with Crippen molar-refractivity contribution in [2.45, 2.75) is 66.3 Å². The number of hydrogen-bond donors (Lipinski definition) is 1. The van der Waals surface area contributed by atoms with Gasteiger partial charge in [0.05, 0.1) is 12.5 Å². The van der Waals surface area contributed by atoms with Crippen molar-refractivity contribution in [3.05, 3.63) is 64.7 Å². The van der Waals surface area contributed by atoms with Gasteiger partial charge in [-0.25, -0.2) is 0 Å². The molecule has 1 amide bonds. The summed E-state index contributed by atoms with van der Waals surface area (Å²) in [6.07, 6.45) is 4.61. The summed E-state index contributed by atoms with van der Waals surface area (Å²) in [7, 11) is 2.07. The quantitative estimate of drug-likeness (QED) is 0.243. The summed E-state index contributed by atoms with van der Waals surface area (Å²) in [5.74, 6) is 7.36. The number of amides is 1. The number of benzene rings is 2. The summed E-state index contributed by atoms with van der Waals surface area (Å²) < 4.78 is 6.05. The van der Waals surface area contributed by atoms with Gasteiger partial charge in [-0.3, -0.25) is 14.7 Å². The molecule has 5 heteroatoms. The second kappa shape index (κ2) is 13.1. The number of nitrogens with zero attached hydrogens (tertiary/aromatic N) is 2. The first-order valence-corrected chi connectivity index (χ1v) is 13.8. The molecule has 1 aliphatic carbocycles. The third-order valence-electron chi connectivity index (χ3n) is 7.40. The highest BCUT2D eigenvalue weighted by molar-refractivity contribution is 5.80. The van der Waals surface area contributed by atoms with Gasteiger partial charge in [-0.05, 0) is 87.9 Å². The van der Waals surface area contributed by atoms with Crippen molar-refractivity contribution in [2.24, 2.45) is 16.3 Å². The first kappa shape index (κ1) is 29.5. The highest BCUT2D eigenvalue weighted by atomic mass is 16.5. The normalized spacial score (nSPS) is 14.1. The van der Waals surface area contributed by atoms with Gasteiger partial charge in [0.2, 0.25) is 5.91 Å². The number of fused-ring (bicyclic) bond motifs is 2. The Bertz CT molecular complexity index is 1180. The minimum atomic E-state index is -0.326. The molecule has 0 fully saturated rings. The third-order valence-corrected chi connectivity index (χ3v) is 7.40. The van der Waals surface area contributed by atoms with E-state index in [-0.39, 0.29) is 22.8 Å². The molecule has 0 saturated carbocycles. The molecular formula is C33H45N3O2. The van der Waals surface area contributed by atoms with E-state index in [0.717, 1.165) is 42.7 Å². The Hall–Kier alpha value is -3.10. The maximum Gasteiger partial charge on any atom is 0.225 e. The van der Waals surface area contributed by atoms with Crippen LogP contribution in [0, 0.1) is 23.2 Å². The molecule has 0 aromatic heterocycles. The molecule has 3 rings (SSSR count). The van der Waals surface area contributed by atoms with Crippen molar-refractivity contribution in [1.82, 2.24) is 10.2 Å². The first-order valence-electron chi connectivity index (χ1n) is 13.8. The summed E-state index contributed by atoms with van der Waals surface area (Å²) in [5, 5.41) is 3.15. The molecule has 0 bridgehead atoms. The number of hydrogen-bond acceptors (Lipinski definition) is 4. The zero-order chi connectivity index (χ0) is 27.8. The van der Waals surface area contributed by atoms with Crippen LogP contribution in [-0.2, 0) is 17.6 Å². The lowest BCUT2D eigenvalue weighted by Crippen LogP contribution is -2.54. The number of aryl methyl sites for hydroxylation is 2. The van der Waals surface area contributed by atoms with E-state index in [0.29, 0.717) is 19.7 Å². The van der Waals surface area contributed by atoms with E-state index < -0.39 is 0 Å². The molecule has 1 atom stereocenters. The van der Waals surface area contributed by atoms with E-state index >= 15 is 0 Å². The average molecular weight is 516 g/mol. The summed E-state index contributed by atoms with van der Waals surface area (Å²) >= 11 is 0. The molecule has 38 heavy (non-hydrogen) atoms. The predicted molar refractivity (Wildman–Crippen MR) is 158 cm³/mol. The zero-order valence-electron chi connectivity index (χ0n) is 24.4. The Morgan fingerprint density at radius 1 is 1.08 bits per heavy atom. The van der Waals surface area contributed by atoms with Crippen molar-refractivity contribution in [1.29, 1.82) is 0 Å². The number of aliphatic imine (C=N–C) groups is 1. The summed E-state index contributed by atoms with van der Waals surface area (Å²) in [6, 6.07) is 14.5. The van der Waals surface area contributed by atoms with Gasteiger partial charge < -0.3 is 10.1 Å². The predicted octanol–water partition coefficient (Wildman–Crippen LogP) is 5.53. The van der Waals surface area contributed by atoms with Gasteiger partial charge in [0.15, 0.2) is 0 Å². The van der Waals surface area contributed by atoms with Crippen LogP contribution >= 0.6 is 0 Å². The lowest BCUT2D eigenvalue weighted by molar-refractivity contribution is -0.130. The lowest BCUT2D eigenvalue weighted by Gasteiger charge is -2.43. The number of ether oxygens (including phenoxy) is 1. The van der Waals surface area contributed by atoms with Gasteiger partial charge >= 0.3 is 0 Å². The average Bonchev–Trinajstić information content (AvgIpc) is 2.86. The molecule has 0 spiro atoms. The minimum Gasteiger partial charge on any atom is -0.492 e. The van der Waals surface area contributed by atoms with Crippen LogP contribution in [0.3, 0.4) is 0 Å². The number of carbonyl (C=O) groups excluding carboxylic acids is 1. The van der Waals surface area contributed by atoms with E-state index in [2.05, 4.69) is 93.0 Å². The molecule has 0 heterocycles. The highest BCUT2D eigenvalue weighted by Crippen LogP contribution is 2.34. The fourth-order valence-electron chi connectivity index (χ4n) is 4.81. The van der Waals surface area contributed by atoms with E-state index in [1.807, 2.05) is 31.3 Å². The summed E-state index contributed by atoms with van der Waals surface area (Å²) in [4.78, 5) is 20.0. The molecule has 0 aliphatic heterocycles. The van der Waals surface area contributed by atoms with Crippen molar-refractivity contribution in [2.75, 3.05) is 33.3 Å². The monoisotopic (exact) mass is 515 g/mol. The largest absolute Gasteiger partial charge is 0.492 e. The highest BCUT2D eigenvalue weighted by Gasteiger charge is 2.40. The van der Waals surface area contributed by atoms with Crippen LogP contribution < -0.4 is 10.1 Å². The van der Waals surface area contributed by atoms with Crippen LogP contribution in [0.4, 0.5) is 0 Å². The van der Waals surface area contributed by atoms with Gasteiger partial charge in [0.25, 0.3) is 0 Å². The van der Waals surface area contributed by atoms with Gasteiger partial charge in [-0.2, -0.15) is 0 Å². The third kappa shape index (κ3) is 8.20. The Morgan fingerprint density at radius 3 is 2.47 bits per heavy atom. The molecule has 1 N–H and O–H groups in total. The molecule has 0 radical (unpaired) electrons. The Morgan fingerprint density at radius 2 is 1.76 bits per heavy atom. The first-order chi connectivity index (χ1) is 18.0. The molecule has 0 saturated heterocycles. The maximum absolute atomic E-state index is 13.4. The lowest BCUT2D eigenvalue weighted by atomic mass is 9.74. The standard InChI is InChI=1S/C33H45N3O2/c1-8-34-19-21-36(7)33(5,6)30(24-32(2,3)4)31(37)35-20-22-38-29-18-17-27-14-13-25-11-9-10-12-26(25)15-16-28(27)23-29/h9-12,17-19,23,30H,8,15-16,20-22,24H2,1-7H3,(H,35,37). The molecule has 1 unspecified atom stereocenters. The van der Waals surface area contributed by atoms with Crippen LogP contribution in [-0.4, -0.2) is 55.8 Å². The minimum absolute atomic E-state index is 0.0260. The van der Waals surface area contributed by atoms with Gasteiger partial charge in [0.1, 0.15) is 12.4 Å². The topological polar surface area (TPSA) is 53.9 Å². The van der Waals surface area contributed by atoms with Crippen LogP contribution in [0.15, 0.2) is 47.5 Å². The van der Waals surface area contributed by atoms with Crippen LogP contribution in [0.2, 0.25) is 0 Å². The second-order valence-corrected chi connectivity index (χ2v) is 11.9. The van der Waals surface area contributed by atoms with Gasteiger partial charge in [0, 0.05) is 36.0 Å². The van der Waals surface area contributed by atoms with E-state index in [9.17, 15) is 4.79 Å². The Balaban J connectivity index is 1.60. The smallest absolute Gasteiger partial charge is 0.225 e. The van der Waals surface area contributed by atoms with Crippen molar-refractivity contribution in [3.63, 3.8) is 0 Å². The SMILES string of the molecule is CCN=CCN(C)C(C)(C)C(CC(C)(C)C)C(=O)NCCOc1ccc2c(c1)CCc1ccccc1C#C2. The van der Waals surface area contributed by atoms with Crippen molar-refractivity contribution < 1.29 is 9.53 Å². The second-order valence-electron chi connectivity index (χ2n) is 11.9. The van der Waals surface area contributed by atoms with E-state index in [1.54, 1.807) is 0 Å². The molecule has 2 aromatic carbocycles. The fraction of sp³-hybridized carbons (Fsp3) is 0.515. The number of rotatable bonds is 11. The Kier molecular flexibility index (Phi) is 10.2. The molecular weight excluding hydrogens is 470 g/mol. The number of carbonyl (C=O) groups is 1. The zero-order valence-corrected chi connectivity index (χ0v) is 24.4. The van der Waals surface area contributed by atoms with Crippen LogP contribution in [0.5, 0.6) is 5.75 Å². The van der Waals surface area contributed by atoms with Crippen LogP contribution in [0.1, 0.15) is 70.2 Å². The summed E-state index contributed by atoms with van der Waals surface area (Å²) in [5.41, 5.74) is 4.36. The summed E-state index contributed by atoms with van der Waals surface area (Å²) in [6.45, 7) is 15.3. The molecule has 204 valence electrons. The van der Waals surface area contributed by atoms with Gasteiger partial charge in [-0.15, -0.1) is 0 Å². The van der Waals surface area contributed by atoms with E-state index in [4.69, 9.17) is 4.74 Å². The Labute approximate surface area is 230 Å². The molecule has 1 aliphatic rings. The fourth-order valence-corrected chi connectivity index (χ4v) is 4.81. The van der Waals surface area contributed by atoms with Gasteiger partial charge in [-0.1, -0.05) is 50.8 Å². The van der Waals surface area contributed by atoms with E-state index in [1.165, 1.54) is 11.1 Å². The van der Waals surface area contributed by atoms with Crippen LogP contribution in [0.25, 0.3) is 0 Å². The maximum atomic E-state index is 13.4. The molecule has 5 nitrogen and oxygen atoms in total.